The summed E-state index contributed by atoms with van der Waals surface area (Å²) in [6.45, 7) is 3.38. The van der Waals surface area contributed by atoms with Gasteiger partial charge in [0.2, 0.25) is 0 Å². The minimum absolute atomic E-state index is 0.0653. The number of aryl methyl sites for hydroxylation is 1. The quantitative estimate of drug-likeness (QED) is 0.247. The number of fused-ring (bicyclic) bond motifs is 1. The van der Waals surface area contributed by atoms with Gasteiger partial charge in [0.1, 0.15) is 5.52 Å². The highest BCUT2D eigenvalue weighted by atomic mass is 32.2. The zero-order chi connectivity index (χ0) is 24.7. The first kappa shape index (κ1) is 23.8. The molecule has 0 aliphatic heterocycles. The van der Waals surface area contributed by atoms with Crippen LogP contribution in [0.3, 0.4) is 0 Å². The second-order valence-corrected chi connectivity index (χ2v) is 9.59. The largest absolute Gasteiger partial charge is 0.348 e. The molecule has 0 fully saturated rings. The minimum Gasteiger partial charge on any atom is -0.348 e. The molecule has 6 heteroatoms. The Hall–Kier alpha value is -3.90. The molecule has 1 N–H and O–H groups in total. The van der Waals surface area contributed by atoms with Gasteiger partial charge in [-0.05, 0) is 52.9 Å². The molecule has 5 nitrogen and oxygen atoms in total. The summed E-state index contributed by atoms with van der Waals surface area (Å²) in [4.78, 5) is 22.0. The van der Waals surface area contributed by atoms with Crippen molar-refractivity contribution in [2.75, 3.05) is 0 Å². The van der Waals surface area contributed by atoms with Gasteiger partial charge in [-0.15, -0.1) is 0 Å². The summed E-state index contributed by atoms with van der Waals surface area (Å²) < 4.78 is 2.17. The number of thioether (sulfide) groups is 1. The van der Waals surface area contributed by atoms with Crippen LogP contribution in [0.1, 0.15) is 39.5 Å². The van der Waals surface area contributed by atoms with E-state index < -0.39 is 0 Å². The molecule has 0 aliphatic carbocycles. The first-order valence-electron chi connectivity index (χ1n) is 12.1. The van der Waals surface area contributed by atoms with Crippen molar-refractivity contribution in [3.05, 3.63) is 125 Å². The van der Waals surface area contributed by atoms with Crippen LogP contribution in [0.2, 0.25) is 0 Å². The molecule has 2 aromatic heterocycles. The van der Waals surface area contributed by atoms with Crippen molar-refractivity contribution >= 4 is 28.8 Å². The zero-order valence-electron chi connectivity index (χ0n) is 20.2. The average molecular weight is 493 g/mol. The molecule has 36 heavy (non-hydrogen) atoms. The smallest absolute Gasteiger partial charge is 0.251 e. The van der Waals surface area contributed by atoms with Gasteiger partial charge in [0.15, 0.2) is 10.8 Å². The number of amides is 1. The number of pyridine rings is 1. The molecule has 0 unspecified atom stereocenters. The van der Waals surface area contributed by atoms with Gasteiger partial charge in [0, 0.05) is 24.1 Å². The number of benzene rings is 3. The van der Waals surface area contributed by atoms with E-state index in [1.54, 1.807) is 11.8 Å². The average Bonchev–Trinajstić information content (AvgIpc) is 3.28. The molecule has 0 bridgehead atoms. The van der Waals surface area contributed by atoms with Crippen molar-refractivity contribution in [1.82, 2.24) is 19.9 Å². The van der Waals surface area contributed by atoms with Gasteiger partial charge < -0.3 is 5.32 Å². The number of imidazole rings is 1. The summed E-state index contributed by atoms with van der Waals surface area (Å²) in [7, 11) is 0. The van der Waals surface area contributed by atoms with Gasteiger partial charge in [-0.25, -0.2) is 9.97 Å². The van der Waals surface area contributed by atoms with Crippen molar-refractivity contribution in [3.63, 3.8) is 0 Å². The molecule has 2 heterocycles. The highest BCUT2D eigenvalue weighted by Crippen LogP contribution is 2.27. The lowest BCUT2D eigenvalue weighted by Crippen LogP contribution is -2.22. The van der Waals surface area contributed by atoms with Crippen molar-refractivity contribution in [2.45, 2.75) is 37.3 Å². The second kappa shape index (κ2) is 11.2. The SMILES string of the molecule is CCc1ccc(CNC(=O)c2ccc(CSc3nc4cccnc4n3Cc3ccccc3)cc2)cc1. The normalized spacial score (nSPS) is 11.0. The Morgan fingerprint density at radius 2 is 1.56 bits per heavy atom. The lowest BCUT2D eigenvalue weighted by atomic mass is 10.1. The van der Waals surface area contributed by atoms with E-state index in [0.717, 1.165) is 46.2 Å². The van der Waals surface area contributed by atoms with Crippen LogP contribution in [0.25, 0.3) is 11.2 Å². The third kappa shape index (κ3) is 5.66. The molecular weight excluding hydrogens is 464 g/mol. The van der Waals surface area contributed by atoms with Crippen molar-refractivity contribution < 1.29 is 4.79 Å². The van der Waals surface area contributed by atoms with Crippen molar-refractivity contribution in [1.29, 1.82) is 0 Å². The van der Waals surface area contributed by atoms with Crippen LogP contribution in [0.15, 0.2) is 102 Å². The molecule has 3 aromatic carbocycles. The number of rotatable bonds is 9. The maximum absolute atomic E-state index is 12.6. The topological polar surface area (TPSA) is 59.8 Å². The maximum Gasteiger partial charge on any atom is 0.251 e. The third-order valence-electron chi connectivity index (χ3n) is 6.12. The fraction of sp³-hybridized carbons (Fsp3) is 0.167. The molecule has 5 aromatic rings. The molecule has 5 rings (SSSR count). The first-order chi connectivity index (χ1) is 17.7. The molecule has 0 saturated heterocycles. The predicted molar refractivity (Wildman–Crippen MR) is 146 cm³/mol. The Morgan fingerprint density at radius 1 is 0.833 bits per heavy atom. The number of carbonyl (C=O) groups is 1. The van der Waals surface area contributed by atoms with E-state index in [0.29, 0.717) is 12.1 Å². The molecule has 0 atom stereocenters. The van der Waals surface area contributed by atoms with Gasteiger partial charge in [-0.1, -0.05) is 85.4 Å². The van der Waals surface area contributed by atoms with Crippen LogP contribution in [-0.4, -0.2) is 20.4 Å². The molecule has 0 spiro atoms. The number of aromatic nitrogens is 3. The predicted octanol–water partition coefficient (Wildman–Crippen LogP) is 6.26. The van der Waals surface area contributed by atoms with E-state index in [1.165, 1.54) is 11.1 Å². The molecule has 1 amide bonds. The van der Waals surface area contributed by atoms with E-state index in [2.05, 4.69) is 70.3 Å². The summed E-state index contributed by atoms with van der Waals surface area (Å²) in [5.41, 5.74) is 7.19. The van der Waals surface area contributed by atoms with Gasteiger partial charge in [0.05, 0.1) is 6.54 Å². The number of nitrogens with one attached hydrogen (secondary N) is 1. The summed E-state index contributed by atoms with van der Waals surface area (Å²) in [6.07, 6.45) is 2.82. The molecule has 180 valence electrons. The van der Waals surface area contributed by atoms with Crippen molar-refractivity contribution in [2.24, 2.45) is 0 Å². The number of hydrogen-bond acceptors (Lipinski definition) is 4. The van der Waals surface area contributed by atoms with Gasteiger partial charge >= 0.3 is 0 Å². The Kier molecular flexibility index (Phi) is 7.43. The highest BCUT2D eigenvalue weighted by molar-refractivity contribution is 7.98. The van der Waals surface area contributed by atoms with Crippen LogP contribution in [-0.2, 0) is 25.3 Å². The molecule has 0 saturated carbocycles. The number of hydrogen-bond donors (Lipinski definition) is 1. The monoisotopic (exact) mass is 492 g/mol. The molecule has 0 aliphatic rings. The summed E-state index contributed by atoms with van der Waals surface area (Å²) >= 11 is 1.68. The first-order valence-corrected chi connectivity index (χ1v) is 13.1. The Bertz CT molecular complexity index is 1440. The standard InChI is InChI=1S/C30H28N4OS/c1-2-22-10-12-23(13-11-22)19-32-29(35)26-16-14-25(15-17-26)21-36-30-33-27-9-6-18-31-28(27)34(30)20-24-7-4-3-5-8-24/h3-18H,2,19-21H2,1H3,(H,32,35). The van der Waals surface area contributed by atoms with Crippen LogP contribution < -0.4 is 5.32 Å². The van der Waals surface area contributed by atoms with Crippen molar-refractivity contribution in [3.8, 4) is 0 Å². The Morgan fingerprint density at radius 3 is 2.31 bits per heavy atom. The lowest BCUT2D eigenvalue weighted by Gasteiger charge is -2.09. The summed E-state index contributed by atoms with van der Waals surface area (Å²) in [6, 6.07) is 30.4. The van der Waals surface area contributed by atoms with E-state index in [4.69, 9.17) is 4.98 Å². The van der Waals surface area contributed by atoms with Crippen LogP contribution in [0.5, 0.6) is 0 Å². The molecular formula is C30H28N4OS. The molecule has 0 radical (unpaired) electrons. The van der Waals surface area contributed by atoms with Gasteiger partial charge in [-0.2, -0.15) is 0 Å². The van der Waals surface area contributed by atoms with Crippen LogP contribution >= 0.6 is 11.8 Å². The Balaban J connectivity index is 1.23. The second-order valence-electron chi connectivity index (χ2n) is 8.65. The fourth-order valence-corrected chi connectivity index (χ4v) is 4.99. The Labute approximate surface area is 215 Å². The van der Waals surface area contributed by atoms with E-state index in [-0.39, 0.29) is 5.91 Å². The van der Waals surface area contributed by atoms with Gasteiger partial charge in [-0.3, -0.25) is 9.36 Å². The third-order valence-corrected chi connectivity index (χ3v) is 7.17. The van der Waals surface area contributed by atoms with Crippen LogP contribution in [0.4, 0.5) is 0 Å². The summed E-state index contributed by atoms with van der Waals surface area (Å²) in [5.74, 6) is 0.688. The van der Waals surface area contributed by atoms with Gasteiger partial charge in [0.25, 0.3) is 5.91 Å². The maximum atomic E-state index is 12.6. The number of carbonyl (C=O) groups excluding carboxylic acids is 1. The minimum atomic E-state index is -0.0653. The van der Waals surface area contributed by atoms with E-state index in [9.17, 15) is 4.79 Å². The van der Waals surface area contributed by atoms with E-state index in [1.807, 2.05) is 48.7 Å². The fourth-order valence-electron chi connectivity index (χ4n) is 4.03. The highest BCUT2D eigenvalue weighted by Gasteiger charge is 2.13. The lowest BCUT2D eigenvalue weighted by molar-refractivity contribution is 0.0951. The van der Waals surface area contributed by atoms with Crippen LogP contribution in [0, 0.1) is 0 Å². The number of nitrogens with zero attached hydrogens (tertiary/aromatic N) is 3. The van der Waals surface area contributed by atoms with E-state index >= 15 is 0 Å². The summed E-state index contributed by atoms with van der Waals surface area (Å²) in [5, 5.41) is 3.94. The zero-order valence-corrected chi connectivity index (χ0v) is 21.0.